The molecule has 0 amide bonds. The monoisotopic (exact) mass is 394 g/mol. The Kier molecular flexibility index (Phi) is 8.40. The maximum atomic E-state index is 3.20. The Bertz CT molecular complexity index is 1260. The fourth-order valence-corrected chi connectivity index (χ4v) is 2.58. The van der Waals surface area contributed by atoms with Crippen LogP contribution in [0, 0.1) is 35.5 Å². The summed E-state index contributed by atoms with van der Waals surface area (Å²) >= 11 is 0. The third-order valence-electron chi connectivity index (χ3n) is 4.19. The van der Waals surface area contributed by atoms with E-state index in [1.807, 2.05) is 110 Å². The fraction of sp³-hybridized carbons (Fsp3) is 0.0645. The molecule has 3 rings (SSSR count). The molecule has 0 unspecified atom stereocenters. The van der Waals surface area contributed by atoms with Crippen LogP contribution in [0.25, 0.3) is 0 Å². The Hall–Kier alpha value is -4.40. The molecule has 0 atom stereocenters. The zero-order valence-corrected chi connectivity index (χ0v) is 17.5. The Morgan fingerprint density at radius 2 is 1.03 bits per heavy atom. The van der Waals surface area contributed by atoms with E-state index in [1.54, 1.807) is 0 Å². The molecule has 146 valence electrons. The Morgan fingerprint density at radius 1 is 0.581 bits per heavy atom. The average Bonchev–Trinajstić information content (AvgIpc) is 2.83. The summed E-state index contributed by atoms with van der Waals surface area (Å²) in [6, 6.07) is 26.0. The molecule has 0 saturated heterocycles. The summed E-state index contributed by atoms with van der Waals surface area (Å²) in [5, 5.41) is 0. The van der Waals surface area contributed by atoms with E-state index >= 15 is 0 Å². The molecule has 0 aliphatic heterocycles. The molecule has 0 nitrogen and oxygen atoms in total. The Balaban J connectivity index is 1.58. The van der Waals surface area contributed by atoms with Gasteiger partial charge in [0.05, 0.1) is 0 Å². The van der Waals surface area contributed by atoms with Crippen molar-refractivity contribution in [3.63, 3.8) is 0 Å². The van der Waals surface area contributed by atoms with Gasteiger partial charge in [0.25, 0.3) is 0 Å². The lowest BCUT2D eigenvalue weighted by Crippen LogP contribution is -1.80. The van der Waals surface area contributed by atoms with Gasteiger partial charge < -0.3 is 0 Å². The Morgan fingerprint density at radius 3 is 1.52 bits per heavy atom. The molecule has 0 bridgehead atoms. The van der Waals surface area contributed by atoms with Crippen LogP contribution in [-0.4, -0.2) is 0 Å². The largest absolute Gasteiger partial charge is 0.126 e. The van der Waals surface area contributed by atoms with E-state index in [2.05, 4.69) is 41.3 Å². The zero-order valence-electron chi connectivity index (χ0n) is 17.5. The second-order valence-corrected chi connectivity index (χ2v) is 6.58. The van der Waals surface area contributed by atoms with Crippen LogP contribution < -0.4 is 0 Å². The molecular weight excluding hydrogens is 372 g/mol. The molecule has 0 heteroatoms. The van der Waals surface area contributed by atoms with Crippen molar-refractivity contribution in [2.45, 2.75) is 13.3 Å². The van der Waals surface area contributed by atoms with Crippen LogP contribution in [0.2, 0.25) is 0 Å². The van der Waals surface area contributed by atoms with Crippen molar-refractivity contribution in [1.82, 2.24) is 0 Å². The minimum absolute atomic E-state index is 0.717. The van der Waals surface area contributed by atoms with Crippen molar-refractivity contribution in [2.24, 2.45) is 0 Å². The lowest BCUT2D eigenvalue weighted by atomic mass is 10.1. The van der Waals surface area contributed by atoms with Gasteiger partial charge in [0.1, 0.15) is 0 Å². The Labute approximate surface area is 185 Å². The molecule has 0 aliphatic carbocycles. The van der Waals surface area contributed by atoms with Gasteiger partial charge in [0, 0.05) is 34.2 Å². The molecule has 0 N–H and O–H groups in total. The zero-order chi connectivity index (χ0) is 21.6. The van der Waals surface area contributed by atoms with Crippen LogP contribution >= 0.6 is 0 Å². The molecule has 0 saturated carbocycles. The van der Waals surface area contributed by atoms with E-state index in [9.17, 15) is 0 Å². The highest BCUT2D eigenvalue weighted by molar-refractivity contribution is 5.48. The summed E-state index contributed by atoms with van der Waals surface area (Å²) in [6.07, 6.45) is 8.44. The van der Waals surface area contributed by atoms with Crippen LogP contribution in [0.15, 0.2) is 109 Å². The quantitative estimate of drug-likeness (QED) is 0.264. The van der Waals surface area contributed by atoms with E-state index in [-0.39, 0.29) is 0 Å². The van der Waals surface area contributed by atoms with Gasteiger partial charge in [-0.1, -0.05) is 65.9 Å². The molecule has 0 aromatic heterocycles. The first-order valence-corrected chi connectivity index (χ1v) is 10.1. The van der Waals surface area contributed by atoms with Crippen molar-refractivity contribution in [3.8, 4) is 35.5 Å². The van der Waals surface area contributed by atoms with Gasteiger partial charge >= 0.3 is 0 Å². The third-order valence-corrected chi connectivity index (χ3v) is 4.19. The number of benzene rings is 3. The predicted octanol–water partition coefficient (Wildman–Crippen LogP) is 6.52. The van der Waals surface area contributed by atoms with Crippen LogP contribution in [0.5, 0.6) is 0 Å². The highest BCUT2D eigenvalue weighted by atomic mass is 13.9. The first kappa shape index (κ1) is 21.3. The average molecular weight is 395 g/mol. The first-order chi connectivity index (χ1) is 15.3. The van der Waals surface area contributed by atoms with Crippen LogP contribution in [0.4, 0.5) is 0 Å². The molecule has 3 aromatic rings. The first-order valence-electron chi connectivity index (χ1n) is 10.1. The smallest absolute Gasteiger partial charge is 0.0276 e. The lowest BCUT2D eigenvalue weighted by molar-refractivity contribution is 1.46. The second kappa shape index (κ2) is 12.2. The van der Waals surface area contributed by atoms with Crippen molar-refractivity contribution in [3.05, 3.63) is 137 Å². The van der Waals surface area contributed by atoms with E-state index < -0.39 is 0 Å². The molecular formula is C31H22. The van der Waals surface area contributed by atoms with Gasteiger partial charge in [0.2, 0.25) is 0 Å². The summed E-state index contributed by atoms with van der Waals surface area (Å²) in [5.41, 5.74) is 7.91. The van der Waals surface area contributed by atoms with E-state index in [4.69, 9.17) is 0 Å². The standard InChI is InChI=1S/C31H22/c1-2-3-4-5-6-7-9-14-28-16-19-30(20-17-28)23-26-31-24-21-29(22-25-31)18-15-27-12-10-8-11-13-27/h2,4-6,8,10-13,16-17,19-22,24-25H,7H2,1H3/b6-5-. The topological polar surface area (TPSA) is 0 Å². The van der Waals surface area contributed by atoms with Crippen LogP contribution in [-0.2, 0) is 0 Å². The SMILES string of the molecule is CC=C=C/C=C\CC#Cc1ccc(C#Cc2ccc(C#Cc3ccccc3)cc2)cc1. The highest BCUT2D eigenvalue weighted by Gasteiger charge is 1.91. The van der Waals surface area contributed by atoms with E-state index in [0.717, 1.165) is 34.2 Å². The van der Waals surface area contributed by atoms with Crippen LogP contribution in [0.1, 0.15) is 41.2 Å². The second-order valence-electron chi connectivity index (χ2n) is 6.58. The molecule has 0 spiro atoms. The predicted molar refractivity (Wildman–Crippen MR) is 130 cm³/mol. The van der Waals surface area contributed by atoms with Gasteiger partial charge in [-0.05, 0) is 79.7 Å². The van der Waals surface area contributed by atoms with Gasteiger partial charge in [-0.2, -0.15) is 0 Å². The molecule has 0 fully saturated rings. The minimum atomic E-state index is 0.717. The normalized spacial score (nSPS) is 9.19. The van der Waals surface area contributed by atoms with Gasteiger partial charge in [0.15, 0.2) is 0 Å². The summed E-state index contributed by atoms with van der Waals surface area (Å²) in [6.45, 7) is 1.94. The summed E-state index contributed by atoms with van der Waals surface area (Å²) in [5.74, 6) is 19.1. The molecule has 0 aliphatic rings. The summed E-state index contributed by atoms with van der Waals surface area (Å²) in [4.78, 5) is 0. The molecule has 3 aromatic carbocycles. The van der Waals surface area contributed by atoms with Gasteiger partial charge in [-0.15, -0.1) is 5.73 Å². The maximum absolute atomic E-state index is 3.20. The number of rotatable bonds is 2. The summed E-state index contributed by atoms with van der Waals surface area (Å²) in [7, 11) is 0. The third kappa shape index (κ3) is 7.86. The molecule has 0 radical (unpaired) electrons. The van der Waals surface area contributed by atoms with Crippen molar-refractivity contribution in [2.75, 3.05) is 0 Å². The fourth-order valence-electron chi connectivity index (χ4n) is 2.58. The molecule has 0 heterocycles. The van der Waals surface area contributed by atoms with E-state index in [0.29, 0.717) is 0 Å². The minimum Gasteiger partial charge on any atom is -0.126 e. The highest BCUT2D eigenvalue weighted by Crippen LogP contribution is 2.05. The van der Waals surface area contributed by atoms with Crippen molar-refractivity contribution in [1.29, 1.82) is 0 Å². The van der Waals surface area contributed by atoms with E-state index in [1.165, 1.54) is 0 Å². The van der Waals surface area contributed by atoms with Crippen molar-refractivity contribution < 1.29 is 0 Å². The van der Waals surface area contributed by atoms with Gasteiger partial charge in [-0.3, -0.25) is 0 Å². The summed E-state index contributed by atoms with van der Waals surface area (Å²) < 4.78 is 0. The molecule has 31 heavy (non-hydrogen) atoms. The van der Waals surface area contributed by atoms with Crippen molar-refractivity contribution >= 4 is 0 Å². The van der Waals surface area contributed by atoms with Gasteiger partial charge in [-0.25, -0.2) is 0 Å². The maximum Gasteiger partial charge on any atom is 0.0276 e. The number of hydrogen-bond acceptors (Lipinski definition) is 0. The van der Waals surface area contributed by atoms with Crippen LogP contribution in [0.3, 0.4) is 0 Å². The number of allylic oxidation sites excluding steroid dienone is 3. The number of hydrogen-bond donors (Lipinski definition) is 0. The lowest BCUT2D eigenvalue weighted by Gasteiger charge is -1.94.